The highest BCUT2D eigenvalue weighted by Crippen LogP contribution is 2.27. The molecule has 2 aliphatic rings. The number of hydrogen-bond acceptors (Lipinski definition) is 4. The van der Waals surface area contributed by atoms with Crippen molar-refractivity contribution in [3.63, 3.8) is 0 Å². The number of carbonyl (C=O) groups is 1. The third-order valence-electron chi connectivity index (χ3n) is 5.39. The van der Waals surface area contributed by atoms with Crippen LogP contribution < -0.4 is 0 Å². The van der Waals surface area contributed by atoms with Gasteiger partial charge in [-0.1, -0.05) is 0 Å². The van der Waals surface area contributed by atoms with E-state index in [1.54, 1.807) is 12.5 Å². The van der Waals surface area contributed by atoms with E-state index >= 15 is 0 Å². The van der Waals surface area contributed by atoms with Crippen LogP contribution in [0.25, 0.3) is 0 Å². The molecule has 4 rings (SSSR count). The molecular formula is C17H25N7O. The van der Waals surface area contributed by atoms with Crippen LogP contribution in [0.3, 0.4) is 0 Å². The predicted octanol–water partition coefficient (Wildman–Crippen LogP) is 1.46. The molecular weight excluding hydrogens is 318 g/mol. The number of carbonyl (C=O) groups excluding carboxylic acids is 1. The molecule has 0 bridgehead atoms. The van der Waals surface area contributed by atoms with Gasteiger partial charge in [-0.3, -0.25) is 0 Å². The highest BCUT2D eigenvalue weighted by molar-refractivity contribution is 5.74. The number of imidazole rings is 1. The molecule has 134 valence electrons. The number of aromatic nitrogens is 5. The Morgan fingerprint density at radius 2 is 1.84 bits per heavy atom. The maximum atomic E-state index is 12.5. The lowest BCUT2D eigenvalue weighted by Crippen LogP contribution is -2.45. The molecule has 4 heterocycles. The average molecular weight is 343 g/mol. The predicted molar refractivity (Wildman–Crippen MR) is 92.1 cm³/mol. The molecule has 2 amide bonds. The number of hydrogen-bond donors (Lipinski definition) is 0. The van der Waals surface area contributed by atoms with E-state index in [1.165, 1.54) is 0 Å². The fourth-order valence-electron chi connectivity index (χ4n) is 3.85. The van der Waals surface area contributed by atoms with Crippen molar-refractivity contribution in [1.82, 2.24) is 34.1 Å². The third-order valence-corrected chi connectivity index (χ3v) is 5.39. The van der Waals surface area contributed by atoms with Gasteiger partial charge in [0.05, 0.1) is 12.9 Å². The number of rotatable bonds is 3. The second kappa shape index (κ2) is 6.85. The minimum absolute atomic E-state index is 0.217. The van der Waals surface area contributed by atoms with E-state index in [0.717, 1.165) is 63.5 Å². The SMILES string of the molecule is Cn1c(Cn2ccnc2)nnc1C1CCN(C(=O)N2CCCC2)CC1. The van der Waals surface area contributed by atoms with E-state index < -0.39 is 0 Å². The molecule has 2 aromatic heterocycles. The van der Waals surface area contributed by atoms with Crippen LogP contribution in [0.4, 0.5) is 4.79 Å². The average Bonchev–Trinajstić information content (AvgIpc) is 3.39. The molecule has 0 spiro atoms. The van der Waals surface area contributed by atoms with Crippen LogP contribution >= 0.6 is 0 Å². The van der Waals surface area contributed by atoms with E-state index in [1.807, 2.05) is 27.6 Å². The lowest BCUT2D eigenvalue weighted by molar-refractivity contribution is 0.147. The molecule has 2 fully saturated rings. The zero-order valence-corrected chi connectivity index (χ0v) is 14.7. The number of urea groups is 1. The highest BCUT2D eigenvalue weighted by Gasteiger charge is 2.30. The van der Waals surface area contributed by atoms with Gasteiger partial charge in [0.1, 0.15) is 5.82 Å². The standard InChI is InChI=1S/C17H25N7O/c1-21-15(12-22-11-6-18-13-22)19-20-16(21)14-4-9-24(10-5-14)17(25)23-7-2-3-8-23/h6,11,13-14H,2-5,7-10,12H2,1H3. The summed E-state index contributed by atoms with van der Waals surface area (Å²) in [7, 11) is 2.03. The van der Waals surface area contributed by atoms with Crippen LogP contribution in [0.2, 0.25) is 0 Å². The van der Waals surface area contributed by atoms with Gasteiger partial charge in [-0.25, -0.2) is 9.78 Å². The molecule has 2 aromatic rings. The van der Waals surface area contributed by atoms with Gasteiger partial charge in [0, 0.05) is 51.5 Å². The molecule has 8 nitrogen and oxygen atoms in total. The zero-order valence-electron chi connectivity index (χ0n) is 14.7. The van der Waals surface area contributed by atoms with Crippen molar-refractivity contribution in [3.05, 3.63) is 30.4 Å². The fourth-order valence-corrected chi connectivity index (χ4v) is 3.85. The van der Waals surface area contributed by atoms with Crippen LogP contribution in [-0.2, 0) is 13.6 Å². The number of amides is 2. The van der Waals surface area contributed by atoms with E-state index in [-0.39, 0.29) is 6.03 Å². The lowest BCUT2D eigenvalue weighted by Gasteiger charge is -2.34. The first kappa shape index (κ1) is 16.1. The summed E-state index contributed by atoms with van der Waals surface area (Å²) < 4.78 is 4.09. The number of piperidine rings is 1. The summed E-state index contributed by atoms with van der Waals surface area (Å²) in [6.07, 6.45) is 9.67. The smallest absolute Gasteiger partial charge is 0.319 e. The first-order valence-electron chi connectivity index (χ1n) is 9.10. The van der Waals surface area contributed by atoms with Gasteiger partial charge in [-0.2, -0.15) is 0 Å². The van der Waals surface area contributed by atoms with Crippen LogP contribution in [0.5, 0.6) is 0 Å². The Hall–Kier alpha value is -2.38. The van der Waals surface area contributed by atoms with Gasteiger partial charge in [0.2, 0.25) is 0 Å². The zero-order chi connectivity index (χ0) is 17.2. The summed E-state index contributed by atoms with van der Waals surface area (Å²) in [5.74, 6) is 2.34. The Labute approximate surface area is 147 Å². The minimum Gasteiger partial charge on any atom is -0.330 e. The third kappa shape index (κ3) is 3.25. The van der Waals surface area contributed by atoms with Gasteiger partial charge in [-0.05, 0) is 25.7 Å². The van der Waals surface area contributed by atoms with Crippen molar-refractivity contribution < 1.29 is 4.79 Å². The van der Waals surface area contributed by atoms with Crippen molar-refractivity contribution in [2.24, 2.45) is 7.05 Å². The van der Waals surface area contributed by atoms with Gasteiger partial charge < -0.3 is 18.9 Å². The Balaban J connectivity index is 1.37. The molecule has 8 heteroatoms. The van der Waals surface area contributed by atoms with Crippen molar-refractivity contribution >= 4 is 6.03 Å². The van der Waals surface area contributed by atoms with Crippen LogP contribution in [0.1, 0.15) is 43.3 Å². The van der Waals surface area contributed by atoms with Crippen LogP contribution in [0.15, 0.2) is 18.7 Å². The maximum Gasteiger partial charge on any atom is 0.319 e. The van der Waals surface area contributed by atoms with Gasteiger partial charge >= 0.3 is 6.03 Å². The molecule has 0 unspecified atom stereocenters. The summed E-state index contributed by atoms with van der Waals surface area (Å²) in [6, 6.07) is 0.217. The van der Waals surface area contributed by atoms with Gasteiger partial charge in [0.15, 0.2) is 5.82 Å². The minimum atomic E-state index is 0.217. The van der Waals surface area contributed by atoms with Crippen LogP contribution in [0, 0.1) is 0 Å². The fraction of sp³-hybridized carbons (Fsp3) is 0.647. The Morgan fingerprint density at radius 3 is 2.52 bits per heavy atom. The topological polar surface area (TPSA) is 72.1 Å². The molecule has 25 heavy (non-hydrogen) atoms. The van der Waals surface area contributed by atoms with E-state index in [9.17, 15) is 4.79 Å². The quantitative estimate of drug-likeness (QED) is 0.846. The molecule has 0 aliphatic carbocycles. The molecule has 0 aromatic carbocycles. The van der Waals surface area contributed by atoms with Crippen molar-refractivity contribution in [2.45, 2.75) is 38.1 Å². The molecule has 0 radical (unpaired) electrons. The van der Waals surface area contributed by atoms with Crippen molar-refractivity contribution in [3.8, 4) is 0 Å². The number of nitrogens with zero attached hydrogens (tertiary/aromatic N) is 7. The summed E-state index contributed by atoms with van der Waals surface area (Å²) in [5, 5.41) is 8.79. The summed E-state index contributed by atoms with van der Waals surface area (Å²) in [5.41, 5.74) is 0. The first-order valence-corrected chi connectivity index (χ1v) is 9.10. The number of likely N-dealkylation sites (tertiary alicyclic amines) is 2. The van der Waals surface area contributed by atoms with Crippen molar-refractivity contribution in [1.29, 1.82) is 0 Å². The molecule has 0 atom stereocenters. The summed E-state index contributed by atoms with van der Waals surface area (Å²) in [6.45, 7) is 4.13. The molecule has 0 N–H and O–H groups in total. The molecule has 2 aliphatic heterocycles. The summed E-state index contributed by atoms with van der Waals surface area (Å²) >= 11 is 0. The van der Waals surface area contributed by atoms with E-state index in [4.69, 9.17) is 0 Å². The Bertz CT molecular complexity index is 709. The largest absolute Gasteiger partial charge is 0.330 e. The monoisotopic (exact) mass is 343 g/mol. The second-order valence-electron chi connectivity index (χ2n) is 7.01. The highest BCUT2D eigenvalue weighted by atomic mass is 16.2. The Kier molecular flexibility index (Phi) is 4.42. The van der Waals surface area contributed by atoms with Gasteiger partial charge in [0.25, 0.3) is 0 Å². The summed E-state index contributed by atoms with van der Waals surface area (Å²) in [4.78, 5) is 20.6. The lowest BCUT2D eigenvalue weighted by atomic mass is 9.96. The van der Waals surface area contributed by atoms with Gasteiger partial charge in [-0.15, -0.1) is 10.2 Å². The van der Waals surface area contributed by atoms with E-state index in [0.29, 0.717) is 12.5 Å². The van der Waals surface area contributed by atoms with E-state index in [2.05, 4.69) is 19.7 Å². The Morgan fingerprint density at radius 1 is 1.12 bits per heavy atom. The normalized spacial score (nSPS) is 18.9. The molecule has 0 saturated carbocycles. The van der Waals surface area contributed by atoms with Crippen LogP contribution in [-0.4, -0.2) is 66.3 Å². The first-order chi connectivity index (χ1) is 12.2. The molecule has 2 saturated heterocycles. The van der Waals surface area contributed by atoms with Crippen molar-refractivity contribution in [2.75, 3.05) is 26.2 Å². The maximum absolute atomic E-state index is 12.5. The second-order valence-corrected chi connectivity index (χ2v) is 7.01.